The van der Waals surface area contributed by atoms with Gasteiger partial charge >= 0.3 is 0 Å². The molecule has 20 heavy (non-hydrogen) atoms. The van der Waals surface area contributed by atoms with Gasteiger partial charge in [0, 0.05) is 32.7 Å². The van der Waals surface area contributed by atoms with E-state index in [2.05, 4.69) is 9.97 Å². The first kappa shape index (κ1) is 14.1. The quantitative estimate of drug-likeness (QED) is 0.886. The maximum absolute atomic E-state index is 12.6. The second-order valence-electron chi connectivity index (χ2n) is 5.38. The summed E-state index contributed by atoms with van der Waals surface area (Å²) in [4.78, 5) is 22.5. The van der Waals surface area contributed by atoms with Crippen molar-refractivity contribution in [3.05, 3.63) is 30.7 Å². The number of amides is 1. The number of hydrogen-bond donors (Lipinski definition) is 1. The number of likely N-dealkylation sites (N-methyl/N-ethyl adjacent to an activating group) is 1. The van der Waals surface area contributed by atoms with Crippen molar-refractivity contribution < 1.29 is 4.79 Å². The Kier molecular flexibility index (Phi) is 3.52. The van der Waals surface area contributed by atoms with Gasteiger partial charge in [-0.1, -0.05) is 0 Å². The van der Waals surface area contributed by atoms with Crippen LogP contribution in [-0.2, 0) is 23.9 Å². The van der Waals surface area contributed by atoms with Gasteiger partial charge in [-0.05, 0) is 13.8 Å². The molecule has 2 aromatic heterocycles. The first-order valence-electron chi connectivity index (χ1n) is 6.34. The van der Waals surface area contributed by atoms with E-state index in [0.717, 1.165) is 5.82 Å². The van der Waals surface area contributed by atoms with Crippen LogP contribution >= 0.6 is 0 Å². The number of nitrogen functional groups attached to an aromatic ring is 1. The van der Waals surface area contributed by atoms with Crippen molar-refractivity contribution in [3.8, 4) is 0 Å². The molecule has 2 rings (SSSR count). The van der Waals surface area contributed by atoms with E-state index in [0.29, 0.717) is 12.4 Å². The second kappa shape index (κ2) is 4.99. The Labute approximate surface area is 118 Å². The summed E-state index contributed by atoms with van der Waals surface area (Å²) in [5.41, 5.74) is 4.87. The molecule has 2 aromatic rings. The molecule has 7 nitrogen and oxygen atoms in total. The smallest absolute Gasteiger partial charge is 0.248 e. The number of anilines is 1. The average molecular weight is 276 g/mol. The van der Waals surface area contributed by atoms with Crippen LogP contribution in [0.15, 0.2) is 24.9 Å². The Morgan fingerprint density at radius 3 is 2.65 bits per heavy atom. The lowest BCUT2D eigenvalue weighted by Crippen LogP contribution is -2.44. The van der Waals surface area contributed by atoms with E-state index in [1.165, 1.54) is 0 Å². The van der Waals surface area contributed by atoms with Crippen LogP contribution in [-0.4, -0.2) is 37.0 Å². The van der Waals surface area contributed by atoms with Crippen LogP contribution in [0.25, 0.3) is 0 Å². The molecule has 2 heterocycles. The number of imidazole rings is 2. The Morgan fingerprint density at radius 1 is 1.45 bits per heavy atom. The Bertz CT molecular complexity index is 612. The fourth-order valence-corrected chi connectivity index (χ4v) is 2.05. The van der Waals surface area contributed by atoms with E-state index in [4.69, 9.17) is 5.73 Å². The molecule has 0 bridgehead atoms. The minimum Gasteiger partial charge on any atom is -0.382 e. The summed E-state index contributed by atoms with van der Waals surface area (Å²) >= 11 is 0. The van der Waals surface area contributed by atoms with Gasteiger partial charge in [0.15, 0.2) is 0 Å². The monoisotopic (exact) mass is 276 g/mol. The van der Waals surface area contributed by atoms with Gasteiger partial charge in [-0.25, -0.2) is 9.97 Å². The molecule has 108 valence electrons. The minimum absolute atomic E-state index is 0.0297. The van der Waals surface area contributed by atoms with E-state index in [1.54, 1.807) is 35.2 Å². The van der Waals surface area contributed by atoms with Crippen molar-refractivity contribution in [3.63, 3.8) is 0 Å². The molecule has 0 atom stereocenters. The first-order chi connectivity index (χ1) is 9.32. The molecule has 0 aliphatic carbocycles. The summed E-state index contributed by atoms with van der Waals surface area (Å²) in [7, 11) is 3.67. The largest absolute Gasteiger partial charge is 0.382 e. The van der Waals surface area contributed by atoms with Gasteiger partial charge < -0.3 is 19.8 Å². The fraction of sp³-hybridized carbons (Fsp3) is 0.462. The molecule has 0 spiro atoms. The maximum atomic E-state index is 12.6. The van der Waals surface area contributed by atoms with Gasteiger partial charge in [0.2, 0.25) is 5.91 Å². The zero-order valence-electron chi connectivity index (χ0n) is 12.2. The van der Waals surface area contributed by atoms with Gasteiger partial charge in [-0.3, -0.25) is 4.79 Å². The third-order valence-electron chi connectivity index (χ3n) is 3.42. The van der Waals surface area contributed by atoms with Crippen LogP contribution in [0.4, 0.5) is 5.82 Å². The molecule has 0 radical (unpaired) electrons. The second-order valence-corrected chi connectivity index (χ2v) is 5.38. The van der Waals surface area contributed by atoms with Crippen LogP contribution in [0, 0.1) is 0 Å². The highest BCUT2D eigenvalue weighted by atomic mass is 16.2. The third kappa shape index (κ3) is 2.52. The molecule has 7 heteroatoms. The summed E-state index contributed by atoms with van der Waals surface area (Å²) in [5, 5.41) is 0. The van der Waals surface area contributed by atoms with Crippen molar-refractivity contribution in [1.29, 1.82) is 0 Å². The van der Waals surface area contributed by atoms with Gasteiger partial charge in [-0.2, -0.15) is 0 Å². The van der Waals surface area contributed by atoms with Crippen molar-refractivity contribution in [2.75, 3.05) is 12.8 Å². The maximum Gasteiger partial charge on any atom is 0.248 e. The molecular formula is C13H20N6O. The van der Waals surface area contributed by atoms with E-state index < -0.39 is 5.54 Å². The number of rotatable bonds is 4. The number of nitrogens with two attached hydrogens (primary N) is 1. The first-order valence-corrected chi connectivity index (χ1v) is 6.34. The molecule has 0 unspecified atom stereocenters. The zero-order valence-corrected chi connectivity index (χ0v) is 12.2. The van der Waals surface area contributed by atoms with Gasteiger partial charge in [-0.15, -0.1) is 0 Å². The Balaban J connectivity index is 2.15. The van der Waals surface area contributed by atoms with Crippen LogP contribution < -0.4 is 5.73 Å². The predicted octanol–water partition coefficient (Wildman–Crippen LogP) is 0.592. The van der Waals surface area contributed by atoms with E-state index in [1.807, 2.05) is 31.7 Å². The number of hydrogen-bond acceptors (Lipinski definition) is 4. The summed E-state index contributed by atoms with van der Waals surface area (Å²) < 4.78 is 3.62. The van der Waals surface area contributed by atoms with Crippen molar-refractivity contribution >= 4 is 11.7 Å². The normalized spacial score (nSPS) is 11.6. The van der Waals surface area contributed by atoms with Crippen molar-refractivity contribution in [2.24, 2.45) is 7.05 Å². The van der Waals surface area contributed by atoms with E-state index in [9.17, 15) is 4.79 Å². The highest BCUT2D eigenvalue weighted by molar-refractivity contribution is 5.83. The fourth-order valence-electron chi connectivity index (χ4n) is 2.05. The zero-order chi connectivity index (χ0) is 14.9. The van der Waals surface area contributed by atoms with Gasteiger partial charge in [0.1, 0.15) is 17.2 Å². The van der Waals surface area contributed by atoms with E-state index in [-0.39, 0.29) is 5.91 Å². The standard InChI is InChI=1S/C13H20N6O/c1-13(2,19-7-10(14)16-9-19)12(20)18(4)8-11-15-5-6-17(11)3/h5-7,9H,8,14H2,1-4H3. The van der Waals surface area contributed by atoms with Crippen LogP contribution in [0.5, 0.6) is 0 Å². The van der Waals surface area contributed by atoms with Crippen molar-refractivity contribution in [2.45, 2.75) is 25.9 Å². The molecule has 0 aliphatic heterocycles. The van der Waals surface area contributed by atoms with Crippen LogP contribution in [0.3, 0.4) is 0 Å². The average Bonchev–Trinajstić information content (AvgIpc) is 2.98. The summed E-state index contributed by atoms with van der Waals surface area (Å²) in [6, 6.07) is 0. The lowest BCUT2D eigenvalue weighted by atomic mass is 10.0. The molecule has 0 aromatic carbocycles. The predicted molar refractivity (Wildman–Crippen MR) is 75.6 cm³/mol. The minimum atomic E-state index is -0.746. The highest BCUT2D eigenvalue weighted by Crippen LogP contribution is 2.20. The highest BCUT2D eigenvalue weighted by Gasteiger charge is 2.32. The van der Waals surface area contributed by atoms with Crippen LogP contribution in [0.2, 0.25) is 0 Å². The number of aryl methyl sites for hydroxylation is 1. The molecular weight excluding hydrogens is 256 g/mol. The van der Waals surface area contributed by atoms with E-state index >= 15 is 0 Å². The summed E-state index contributed by atoms with van der Waals surface area (Å²) in [6.45, 7) is 4.13. The molecule has 1 amide bonds. The Morgan fingerprint density at radius 2 is 2.15 bits per heavy atom. The van der Waals surface area contributed by atoms with Crippen molar-refractivity contribution in [1.82, 2.24) is 24.0 Å². The topological polar surface area (TPSA) is 82.0 Å². The van der Waals surface area contributed by atoms with Gasteiger partial charge in [0.25, 0.3) is 0 Å². The molecule has 2 N–H and O–H groups in total. The van der Waals surface area contributed by atoms with Gasteiger partial charge in [0.05, 0.1) is 12.9 Å². The lowest BCUT2D eigenvalue weighted by Gasteiger charge is -2.30. The third-order valence-corrected chi connectivity index (χ3v) is 3.42. The SMILES string of the molecule is CN(Cc1nccn1C)C(=O)C(C)(C)n1cnc(N)c1. The molecule has 0 saturated carbocycles. The number of nitrogens with zero attached hydrogens (tertiary/aromatic N) is 5. The molecule has 0 saturated heterocycles. The summed E-state index contributed by atoms with van der Waals surface area (Å²) in [5.74, 6) is 1.21. The molecule has 0 aliphatic rings. The van der Waals surface area contributed by atoms with Crippen LogP contribution in [0.1, 0.15) is 19.7 Å². The molecule has 0 fully saturated rings. The Hall–Kier alpha value is -2.31. The number of aromatic nitrogens is 4. The summed E-state index contributed by atoms with van der Waals surface area (Å²) in [6.07, 6.45) is 6.80. The number of carbonyl (C=O) groups excluding carboxylic acids is 1. The lowest BCUT2D eigenvalue weighted by molar-refractivity contribution is -0.138. The number of carbonyl (C=O) groups is 1.